The topological polar surface area (TPSA) is 91.0 Å². The van der Waals surface area contributed by atoms with E-state index >= 15 is 0 Å². The molecule has 1 unspecified atom stereocenters. The number of carbonyl (C=O) groups is 2. The zero-order valence-electron chi connectivity index (χ0n) is 9.98. The van der Waals surface area contributed by atoms with E-state index < -0.39 is 42.5 Å². The van der Waals surface area contributed by atoms with Crippen molar-refractivity contribution >= 4 is 17.8 Å². The molecule has 19 heavy (non-hydrogen) atoms. The first-order valence-corrected chi connectivity index (χ1v) is 5.26. The monoisotopic (exact) mass is 280 g/mol. The van der Waals surface area contributed by atoms with Crippen LogP contribution in [0.4, 0.5) is 8.78 Å². The van der Waals surface area contributed by atoms with Crippen LogP contribution in [0.1, 0.15) is 27.2 Å². The standard InChI is InChI=1S/C10H14F2N2O4.CH4/c1-5(8(15)17-2)9(16)18-14-7(13)6-3-10(11,12)4-6;/h5-6H,3-4H2,1-2H3,(H2,13,14);1H4. The third kappa shape index (κ3) is 4.46. The number of hydrogen-bond acceptors (Lipinski definition) is 5. The van der Waals surface area contributed by atoms with Gasteiger partial charge >= 0.3 is 11.9 Å². The molecule has 0 heterocycles. The molecule has 0 radical (unpaired) electrons. The van der Waals surface area contributed by atoms with Crippen molar-refractivity contribution in [2.45, 2.75) is 33.1 Å². The maximum absolute atomic E-state index is 12.5. The molecule has 0 aromatic heterocycles. The van der Waals surface area contributed by atoms with Crippen molar-refractivity contribution < 1.29 is 27.9 Å². The first-order chi connectivity index (χ1) is 8.26. The van der Waals surface area contributed by atoms with E-state index in [1.54, 1.807) is 0 Å². The predicted molar refractivity (Wildman–Crippen MR) is 63.3 cm³/mol. The van der Waals surface area contributed by atoms with Crippen molar-refractivity contribution in [3.8, 4) is 0 Å². The van der Waals surface area contributed by atoms with Crippen molar-refractivity contribution in [1.29, 1.82) is 0 Å². The molecule has 8 heteroatoms. The van der Waals surface area contributed by atoms with Gasteiger partial charge in [-0.25, -0.2) is 13.6 Å². The van der Waals surface area contributed by atoms with Gasteiger partial charge in [-0.2, -0.15) is 0 Å². The molecular weight excluding hydrogens is 262 g/mol. The minimum absolute atomic E-state index is 0. The minimum atomic E-state index is -2.73. The van der Waals surface area contributed by atoms with Crippen molar-refractivity contribution in [3.63, 3.8) is 0 Å². The van der Waals surface area contributed by atoms with Crippen LogP contribution in [0.2, 0.25) is 0 Å². The molecule has 6 nitrogen and oxygen atoms in total. The highest BCUT2D eigenvalue weighted by molar-refractivity contribution is 5.94. The Kier molecular flexibility index (Phi) is 5.85. The molecule has 1 fully saturated rings. The predicted octanol–water partition coefficient (Wildman–Crippen LogP) is 1.29. The zero-order chi connectivity index (χ0) is 13.9. The van der Waals surface area contributed by atoms with Gasteiger partial charge < -0.3 is 15.3 Å². The summed E-state index contributed by atoms with van der Waals surface area (Å²) in [7, 11) is 1.13. The van der Waals surface area contributed by atoms with Crippen LogP contribution in [0, 0.1) is 11.8 Å². The van der Waals surface area contributed by atoms with E-state index in [0.717, 1.165) is 7.11 Å². The number of hydrogen-bond donors (Lipinski definition) is 1. The summed E-state index contributed by atoms with van der Waals surface area (Å²) in [5.41, 5.74) is 5.38. The molecule has 1 atom stereocenters. The van der Waals surface area contributed by atoms with Crippen molar-refractivity contribution in [3.05, 3.63) is 0 Å². The summed E-state index contributed by atoms with van der Waals surface area (Å²) in [4.78, 5) is 26.6. The largest absolute Gasteiger partial charge is 0.468 e. The number of methoxy groups -OCH3 is 1. The Morgan fingerprint density at radius 2 is 1.89 bits per heavy atom. The van der Waals surface area contributed by atoms with Gasteiger partial charge in [0.05, 0.1) is 7.11 Å². The lowest BCUT2D eigenvalue weighted by atomic mass is 9.81. The van der Waals surface area contributed by atoms with Crippen LogP contribution in [0.5, 0.6) is 0 Å². The summed E-state index contributed by atoms with van der Waals surface area (Å²) in [6, 6.07) is 0. The number of halogens is 2. The first kappa shape index (κ1) is 17.3. The normalized spacial score (nSPS) is 19.7. The van der Waals surface area contributed by atoms with Crippen molar-refractivity contribution in [2.24, 2.45) is 22.7 Å². The molecule has 0 saturated heterocycles. The second kappa shape index (κ2) is 6.44. The van der Waals surface area contributed by atoms with Crippen LogP contribution in [-0.2, 0) is 19.2 Å². The SMILES string of the molecule is C.COC(=O)C(C)C(=O)O/N=C(\N)C1CC(F)(F)C1. The van der Waals surface area contributed by atoms with Gasteiger partial charge in [0.2, 0.25) is 5.92 Å². The van der Waals surface area contributed by atoms with E-state index in [-0.39, 0.29) is 13.3 Å². The molecule has 110 valence electrons. The third-order valence-corrected chi connectivity index (χ3v) is 2.66. The van der Waals surface area contributed by atoms with Crippen LogP contribution in [0.25, 0.3) is 0 Å². The number of rotatable bonds is 4. The Hall–Kier alpha value is -1.73. The van der Waals surface area contributed by atoms with E-state index in [9.17, 15) is 18.4 Å². The summed E-state index contributed by atoms with van der Waals surface area (Å²) in [6.45, 7) is 1.28. The van der Waals surface area contributed by atoms with Gasteiger partial charge in [-0.1, -0.05) is 12.6 Å². The maximum atomic E-state index is 12.5. The lowest BCUT2D eigenvalue weighted by Crippen LogP contribution is -2.43. The fourth-order valence-electron chi connectivity index (χ4n) is 1.39. The number of carbonyl (C=O) groups excluding carboxylic acids is 2. The number of nitrogens with two attached hydrogens (primary N) is 1. The second-order valence-corrected chi connectivity index (χ2v) is 4.13. The van der Waals surface area contributed by atoms with Crippen molar-refractivity contribution in [2.75, 3.05) is 7.11 Å². The zero-order valence-corrected chi connectivity index (χ0v) is 9.98. The molecule has 0 amide bonds. The highest BCUT2D eigenvalue weighted by Crippen LogP contribution is 2.42. The summed E-state index contributed by atoms with van der Waals surface area (Å²) < 4.78 is 29.4. The minimum Gasteiger partial charge on any atom is -0.468 e. The van der Waals surface area contributed by atoms with Gasteiger partial charge in [-0.15, -0.1) is 0 Å². The Labute approximate surface area is 109 Å². The number of esters is 1. The van der Waals surface area contributed by atoms with Crippen LogP contribution in [0.3, 0.4) is 0 Å². The van der Waals surface area contributed by atoms with Gasteiger partial charge in [0.1, 0.15) is 5.84 Å². The van der Waals surface area contributed by atoms with Gasteiger partial charge in [-0.3, -0.25) is 4.79 Å². The quantitative estimate of drug-likeness (QED) is 0.209. The lowest BCUT2D eigenvalue weighted by molar-refractivity contribution is -0.159. The number of alkyl halides is 2. The Morgan fingerprint density at radius 3 is 2.32 bits per heavy atom. The molecule has 2 N–H and O–H groups in total. The molecule has 1 rings (SSSR count). The molecule has 1 aliphatic carbocycles. The van der Waals surface area contributed by atoms with E-state index in [1.807, 2.05) is 0 Å². The Bertz CT molecular complexity index is 377. The lowest BCUT2D eigenvalue weighted by Gasteiger charge is -2.33. The summed E-state index contributed by atoms with van der Waals surface area (Å²) in [6.07, 6.45) is -0.821. The molecule has 0 aliphatic heterocycles. The van der Waals surface area contributed by atoms with E-state index in [1.165, 1.54) is 6.92 Å². The average Bonchev–Trinajstić information content (AvgIpc) is 2.30. The number of ether oxygens (including phenoxy) is 1. The highest BCUT2D eigenvalue weighted by Gasteiger charge is 2.47. The molecule has 1 saturated carbocycles. The molecular formula is C11H18F2N2O4. The molecule has 1 aliphatic rings. The van der Waals surface area contributed by atoms with Crippen LogP contribution < -0.4 is 5.73 Å². The van der Waals surface area contributed by atoms with E-state index in [4.69, 9.17) is 5.73 Å². The van der Waals surface area contributed by atoms with Crippen LogP contribution in [0.15, 0.2) is 5.16 Å². The summed E-state index contributed by atoms with van der Waals surface area (Å²) in [5, 5.41) is 3.25. The molecule has 0 aromatic carbocycles. The third-order valence-electron chi connectivity index (χ3n) is 2.66. The Morgan fingerprint density at radius 1 is 1.37 bits per heavy atom. The van der Waals surface area contributed by atoms with Gasteiger partial charge in [-0.05, 0) is 6.92 Å². The first-order valence-electron chi connectivity index (χ1n) is 5.26. The number of amidine groups is 1. The van der Waals surface area contributed by atoms with Gasteiger partial charge in [0.15, 0.2) is 5.92 Å². The Balaban J connectivity index is 0.00000324. The number of nitrogens with zero attached hydrogens (tertiary/aromatic N) is 1. The maximum Gasteiger partial charge on any atom is 0.349 e. The van der Waals surface area contributed by atoms with E-state index in [2.05, 4.69) is 14.7 Å². The highest BCUT2D eigenvalue weighted by atomic mass is 19.3. The van der Waals surface area contributed by atoms with E-state index in [0.29, 0.717) is 0 Å². The average molecular weight is 280 g/mol. The second-order valence-electron chi connectivity index (χ2n) is 4.13. The fraction of sp³-hybridized carbons (Fsp3) is 0.727. The van der Waals surface area contributed by atoms with Crippen molar-refractivity contribution in [1.82, 2.24) is 0 Å². The summed E-state index contributed by atoms with van der Waals surface area (Å²) in [5.74, 6) is -6.37. The molecule has 0 aromatic rings. The van der Waals surface area contributed by atoms with Crippen LogP contribution in [-0.4, -0.2) is 30.8 Å². The van der Waals surface area contributed by atoms with Gasteiger partial charge in [0.25, 0.3) is 0 Å². The summed E-state index contributed by atoms with van der Waals surface area (Å²) >= 11 is 0. The van der Waals surface area contributed by atoms with Gasteiger partial charge in [0, 0.05) is 18.8 Å². The fourth-order valence-corrected chi connectivity index (χ4v) is 1.39. The smallest absolute Gasteiger partial charge is 0.349 e. The van der Waals surface area contributed by atoms with Crippen LogP contribution >= 0.6 is 0 Å². The molecule has 0 bridgehead atoms. The molecule has 0 spiro atoms. The number of oxime groups is 1.